The second kappa shape index (κ2) is 4.92. The average Bonchev–Trinajstić information content (AvgIpc) is 3.06. The highest BCUT2D eigenvalue weighted by molar-refractivity contribution is 9.10. The Morgan fingerprint density at radius 3 is 2.67 bits per heavy atom. The molecule has 0 heterocycles. The molecule has 0 spiro atoms. The summed E-state index contributed by atoms with van der Waals surface area (Å²) in [5, 5.41) is 9.06. The molecule has 0 aliphatic heterocycles. The van der Waals surface area contributed by atoms with Gasteiger partial charge in [-0.25, -0.2) is 13.1 Å². The minimum absolute atomic E-state index is 0.119. The molecule has 100 valence electrons. The van der Waals surface area contributed by atoms with E-state index < -0.39 is 10.0 Å². The third-order valence-electron chi connectivity index (χ3n) is 3.26. The van der Waals surface area contributed by atoms with Gasteiger partial charge in [0.2, 0.25) is 10.0 Å². The van der Waals surface area contributed by atoms with E-state index in [1.165, 1.54) is 6.07 Å². The van der Waals surface area contributed by atoms with E-state index in [0.29, 0.717) is 16.6 Å². The fourth-order valence-electron chi connectivity index (χ4n) is 1.59. The maximum Gasteiger partial charge on any atom is 0.241 e. The van der Waals surface area contributed by atoms with Gasteiger partial charge in [0.1, 0.15) is 0 Å². The number of nitrogens with one attached hydrogen (secondary N) is 1. The first-order valence-corrected chi connectivity index (χ1v) is 8.03. The lowest BCUT2D eigenvalue weighted by Gasteiger charge is -2.12. The van der Waals surface area contributed by atoms with Crippen LogP contribution in [0.5, 0.6) is 0 Å². The van der Waals surface area contributed by atoms with Gasteiger partial charge in [-0.2, -0.15) is 0 Å². The first kappa shape index (κ1) is 14.0. The topological polar surface area (TPSA) is 66.4 Å². The Labute approximate surface area is 116 Å². The Hall–Kier alpha value is -0.430. The number of aliphatic hydroxyl groups excluding tert-OH is 1. The number of aliphatic hydroxyl groups is 1. The highest BCUT2D eigenvalue weighted by Gasteiger charge is 2.38. The van der Waals surface area contributed by atoms with E-state index in [-0.39, 0.29) is 16.9 Å². The van der Waals surface area contributed by atoms with Gasteiger partial charge in [-0.3, -0.25) is 0 Å². The Bertz CT molecular complexity index is 552. The van der Waals surface area contributed by atoms with Crippen molar-refractivity contribution in [3.8, 4) is 0 Å². The number of sulfonamides is 1. The summed E-state index contributed by atoms with van der Waals surface area (Å²) in [5.74, 6) is 0. The van der Waals surface area contributed by atoms with Crippen molar-refractivity contribution in [3.05, 3.63) is 28.2 Å². The van der Waals surface area contributed by atoms with Crippen LogP contribution in [0.1, 0.15) is 25.3 Å². The van der Waals surface area contributed by atoms with Gasteiger partial charge in [0.15, 0.2) is 0 Å². The Morgan fingerprint density at radius 1 is 1.44 bits per heavy atom. The third kappa shape index (κ3) is 3.12. The number of rotatable bonds is 5. The van der Waals surface area contributed by atoms with Gasteiger partial charge in [0, 0.05) is 11.0 Å². The van der Waals surface area contributed by atoms with E-state index in [1.54, 1.807) is 12.1 Å². The first-order valence-electron chi connectivity index (χ1n) is 5.75. The van der Waals surface area contributed by atoms with Crippen LogP contribution in [0.15, 0.2) is 27.6 Å². The molecule has 1 aromatic rings. The maximum atomic E-state index is 12.2. The summed E-state index contributed by atoms with van der Waals surface area (Å²) in [6.07, 6.45) is 2.13. The number of hydrogen-bond donors (Lipinski definition) is 2. The van der Waals surface area contributed by atoms with Gasteiger partial charge >= 0.3 is 0 Å². The SMILES string of the molecule is CC1(CNS(=O)(=O)c2cc(CO)ccc2Br)CC1. The summed E-state index contributed by atoms with van der Waals surface area (Å²) >= 11 is 3.23. The van der Waals surface area contributed by atoms with Crippen molar-refractivity contribution in [1.82, 2.24) is 4.72 Å². The molecule has 1 aliphatic carbocycles. The quantitative estimate of drug-likeness (QED) is 0.866. The number of halogens is 1. The van der Waals surface area contributed by atoms with Gasteiger partial charge in [0.05, 0.1) is 11.5 Å². The molecular weight excluding hydrogens is 318 g/mol. The summed E-state index contributed by atoms with van der Waals surface area (Å²) in [4.78, 5) is 0.179. The van der Waals surface area contributed by atoms with Gasteiger partial charge in [-0.1, -0.05) is 13.0 Å². The highest BCUT2D eigenvalue weighted by atomic mass is 79.9. The lowest BCUT2D eigenvalue weighted by Crippen LogP contribution is -2.29. The van der Waals surface area contributed by atoms with Crippen LogP contribution < -0.4 is 4.72 Å². The molecule has 1 aliphatic rings. The fourth-order valence-corrected chi connectivity index (χ4v) is 3.80. The van der Waals surface area contributed by atoms with Crippen molar-refractivity contribution in [3.63, 3.8) is 0 Å². The van der Waals surface area contributed by atoms with E-state index in [4.69, 9.17) is 5.11 Å². The molecule has 18 heavy (non-hydrogen) atoms. The third-order valence-corrected chi connectivity index (χ3v) is 5.66. The molecule has 6 heteroatoms. The van der Waals surface area contributed by atoms with Crippen LogP contribution in [0, 0.1) is 5.41 Å². The van der Waals surface area contributed by atoms with Crippen LogP contribution in [0.25, 0.3) is 0 Å². The maximum absolute atomic E-state index is 12.2. The van der Waals surface area contributed by atoms with Crippen molar-refractivity contribution < 1.29 is 13.5 Å². The van der Waals surface area contributed by atoms with Crippen molar-refractivity contribution in [2.24, 2.45) is 5.41 Å². The molecule has 4 nitrogen and oxygen atoms in total. The normalized spacial score (nSPS) is 17.7. The Balaban J connectivity index is 2.22. The van der Waals surface area contributed by atoms with Crippen LogP contribution in [0.4, 0.5) is 0 Å². The lowest BCUT2D eigenvalue weighted by atomic mass is 10.2. The monoisotopic (exact) mass is 333 g/mol. The zero-order valence-electron chi connectivity index (χ0n) is 10.1. The van der Waals surface area contributed by atoms with Crippen molar-refractivity contribution >= 4 is 26.0 Å². The standard InChI is InChI=1S/C12H16BrNO3S/c1-12(4-5-12)8-14-18(16,17)11-6-9(7-15)2-3-10(11)13/h2-3,6,14-15H,4-5,7-8H2,1H3. The average molecular weight is 334 g/mol. The largest absolute Gasteiger partial charge is 0.392 e. The second-order valence-corrected chi connectivity index (χ2v) is 7.65. The summed E-state index contributed by atoms with van der Waals surface area (Å²) in [7, 11) is -3.52. The van der Waals surface area contributed by atoms with Crippen LogP contribution in [0.2, 0.25) is 0 Å². The molecule has 0 bridgehead atoms. The molecule has 0 saturated heterocycles. The van der Waals surface area contributed by atoms with Crippen molar-refractivity contribution in [2.45, 2.75) is 31.3 Å². The van der Waals surface area contributed by atoms with Crippen LogP contribution in [0.3, 0.4) is 0 Å². The zero-order valence-corrected chi connectivity index (χ0v) is 12.5. The Kier molecular flexibility index (Phi) is 3.82. The molecule has 0 aromatic heterocycles. The van der Waals surface area contributed by atoms with Gasteiger partial charge in [-0.15, -0.1) is 0 Å². The van der Waals surface area contributed by atoms with E-state index >= 15 is 0 Å². The minimum Gasteiger partial charge on any atom is -0.392 e. The molecule has 0 amide bonds. The molecule has 0 radical (unpaired) electrons. The predicted molar refractivity (Wildman–Crippen MR) is 72.6 cm³/mol. The van der Waals surface area contributed by atoms with Crippen LogP contribution in [-0.4, -0.2) is 20.1 Å². The first-order chi connectivity index (χ1) is 8.36. The lowest BCUT2D eigenvalue weighted by molar-refractivity contribution is 0.281. The molecule has 0 unspecified atom stereocenters. The van der Waals surface area contributed by atoms with Crippen LogP contribution in [-0.2, 0) is 16.6 Å². The van der Waals surface area contributed by atoms with E-state index in [1.807, 2.05) is 0 Å². The fraction of sp³-hybridized carbons (Fsp3) is 0.500. The Morgan fingerprint density at radius 2 is 2.11 bits per heavy atom. The summed E-state index contributed by atoms with van der Waals surface area (Å²) in [5.41, 5.74) is 0.699. The molecule has 2 rings (SSSR count). The second-order valence-electron chi connectivity index (χ2n) is 5.06. The molecule has 1 fully saturated rings. The summed E-state index contributed by atoms with van der Waals surface area (Å²) in [6.45, 7) is 2.35. The van der Waals surface area contributed by atoms with E-state index in [2.05, 4.69) is 27.6 Å². The van der Waals surface area contributed by atoms with E-state index in [0.717, 1.165) is 12.8 Å². The minimum atomic E-state index is -3.52. The van der Waals surface area contributed by atoms with Gasteiger partial charge in [0.25, 0.3) is 0 Å². The smallest absolute Gasteiger partial charge is 0.241 e. The van der Waals surface area contributed by atoms with Crippen molar-refractivity contribution in [1.29, 1.82) is 0 Å². The molecule has 0 atom stereocenters. The summed E-state index contributed by atoms with van der Waals surface area (Å²) < 4.78 is 27.5. The number of benzene rings is 1. The summed E-state index contributed by atoms with van der Waals surface area (Å²) in [6, 6.07) is 4.81. The van der Waals surface area contributed by atoms with Crippen LogP contribution >= 0.6 is 15.9 Å². The van der Waals surface area contributed by atoms with Gasteiger partial charge in [-0.05, 0) is 51.9 Å². The molecule has 2 N–H and O–H groups in total. The molecule has 1 aromatic carbocycles. The van der Waals surface area contributed by atoms with Crippen molar-refractivity contribution in [2.75, 3.05) is 6.54 Å². The van der Waals surface area contributed by atoms with E-state index in [9.17, 15) is 8.42 Å². The highest BCUT2D eigenvalue weighted by Crippen LogP contribution is 2.44. The molecular formula is C12H16BrNO3S. The molecule has 1 saturated carbocycles. The van der Waals surface area contributed by atoms with Gasteiger partial charge < -0.3 is 5.11 Å². The number of hydrogen-bond acceptors (Lipinski definition) is 3. The zero-order chi connectivity index (χ0) is 13.4. The predicted octanol–water partition coefficient (Wildman–Crippen LogP) is 2.02.